The predicted molar refractivity (Wildman–Crippen MR) is 96.8 cm³/mol. The van der Waals surface area contributed by atoms with Crippen molar-refractivity contribution in [3.8, 4) is 5.75 Å². The van der Waals surface area contributed by atoms with E-state index in [9.17, 15) is 4.79 Å². The highest BCUT2D eigenvalue weighted by atomic mass is 79.9. The molecule has 116 valence electrons. The first kappa shape index (κ1) is 17.0. The Labute approximate surface area is 144 Å². The number of carbonyl (C=O) groups is 1. The molecule has 0 unspecified atom stereocenters. The molecule has 0 amide bonds. The average Bonchev–Trinajstić information content (AvgIpc) is 2.97. The van der Waals surface area contributed by atoms with Crippen molar-refractivity contribution in [1.29, 1.82) is 0 Å². The second-order valence-electron chi connectivity index (χ2n) is 4.95. The minimum absolute atomic E-state index is 0.0237. The molecule has 0 aliphatic rings. The van der Waals surface area contributed by atoms with Gasteiger partial charge in [-0.05, 0) is 52.2 Å². The van der Waals surface area contributed by atoms with Crippen LogP contribution in [-0.4, -0.2) is 12.4 Å². The largest absolute Gasteiger partial charge is 0.494 e. The van der Waals surface area contributed by atoms with Crippen molar-refractivity contribution in [3.63, 3.8) is 0 Å². The van der Waals surface area contributed by atoms with Gasteiger partial charge < -0.3 is 4.74 Å². The Balaban J connectivity index is 1.87. The standard InChI is InChI=1S/C18H19BrO2S/c1-2-3-4-11-21-16-8-5-14(6-9-16)7-10-17(20)18-12-15(19)13-22-18/h5-10,12-13H,2-4,11H2,1H3/b10-7+. The second kappa shape index (κ2) is 8.91. The van der Waals surface area contributed by atoms with Gasteiger partial charge in [-0.3, -0.25) is 4.79 Å². The molecule has 2 aromatic rings. The molecular formula is C18H19BrO2S. The van der Waals surface area contributed by atoms with E-state index in [1.807, 2.05) is 41.8 Å². The summed E-state index contributed by atoms with van der Waals surface area (Å²) in [5.41, 5.74) is 0.991. The molecule has 2 rings (SSSR count). The zero-order valence-corrected chi connectivity index (χ0v) is 15.0. The number of unbranched alkanes of at least 4 members (excludes halogenated alkanes) is 2. The maximum absolute atomic E-state index is 12.0. The number of rotatable bonds is 8. The highest BCUT2D eigenvalue weighted by Crippen LogP contribution is 2.21. The number of thiophene rings is 1. The number of carbonyl (C=O) groups excluding carboxylic acids is 1. The molecule has 0 atom stereocenters. The number of halogens is 1. The fourth-order valence-corrected chi connectivity index (χ4v) is 3.26. The van der Waals surface area contributed by atoms with Gasteiger partial charge in [-0.15, -0.1) is 11.3 Å². The summed E-state index contributed by atoms with van der Waals surface area (Å²) in [5.74, 6) is 0.900. The molecule has 0 aliphatic carbocycles. The summed E-state index contributed by atoms with van der Waals surface area (Å²) in [5, 5.41) is 1.91. The van der Waals surface area contributed by atoms with Crippen LogP contribution in [0.3, 0.4) is 0 Å². The molecule has 0 N–H and O–H groups in total. The van der Waals surface area contributed by atoms with Crippen LogP contribution in [0.1, 0.15) is 41.4 Å². The van der Waals surface area contributed by atoms with Crippen molar-refractivity contribution in [2.24, 2.45) is 0 Å². The number of allylic oxidation sites excluding steroid dienone is 1. The van der Waals surface area contributed by atoms with Crippen LogP contribution in [0.2, 0.25) is 0 Å². The summed E-state index contributed by atoms with van der Waals surface area (Å²) in [7, 11) is 0. The quantitative estimate of drug-likeness (QED) is 0.321. The predicted octanol–water partition coefficient (Wildman–Crippen LogP) is 5.98. The lowest BCUT2D eigenvalue weighted by Gasteiger charge is -2.05. The van der Waals surface area contributed by atoms with Crippen LogP contribution in [0.5, 0.6) is 5.75 Å². The number of hydrogen-bond acceptors (Lipinski definition) is 3. The summed E-state index contributed by atoms with van der Waals surface area (Å²) < 4.78 is 6.61. The molecule has 1 aromatic heterocycles. The lowest BCUT2D eigenvalue weighted by Crippen LogP contribution is -1.96. The van der Waals surface area contributed by atoms with Crippen LogP contribution in [0.15, 0.2) is 46.3 Å². The van der Waals surface area contributed by atoms with E-state index in [-0.39, 0.29) is 5.78 Å². The third-order valence-electron chi connectivity index (χ3n) is 3.13. The molecule has 0 spiro atoms. The Kier molecular flexibility index (Phi) is 6.87. The highest BCUT2D eigenvalue weighted by Gasteiger charge is 2.04. The molecule has 22 heavy (non-hydrogen) atoms. The van der Waals surface area contributed by atoms with E-state index < -0.39 is 0 Å². The molecule has 0 fully saturated rings. The van der Waals surface area contributed by atoms with Crippen LogP contribution in [0.25, 0.3) is 6.08 Å². The number of benzene rings is 1. The van der Waals surface area contributed by atoms with Crippen molar-refractivity contribution < 1.29 is 9.53 Å². The van der Waals surface area contributed by atoms with Crippen molar-refractivity contribution >= 4 is 39.1 Å². The first-order valence-electron chi connectivity index (χ1n) is 7.38. The minimum Gasteiger partial charge on any atom is -0.494 e. The Bertz CT molecular complexity index is 629. The fraction of sp³-hybridized carbons (Fsp3) is 0.278. The van der Waals surface area contributed by atoms with Crippen LogP contribution in [0.4, 0.5) is 0 Å². The molecule has 0 bridgehead atoms. The zero-order valence-electron chi connectivity index (χ0n) is 12.5. The summed E-state index contributed by atoms with van der Waals surface area (Å²) in [6.07, 6.45) is 6.92. The third-order valence-corrected chi connectivity index (χ3v) is 4.84. The first-order chi connectivity index (χ1) is 10.7. The van der Waals surface area contributed by atoms with Gasteiger partial charge in [0, 0.05) is 9.85 Å². The van der Waals surface area contributed by atoms with Crippen molar-refractivity contribution in [2.75, 3.05) is 6.61 Å². The fourth-order valence-electron chi connectivity index (χ4n) is 1.91. The van der Waals surface area contributed by atoms with Gasteiger partial charge in [-0.25, -0.2) is 0 Å². The van der Waals surface area contributed by atoms with Gasteiger partial charge in [-0.2, -0.15) is 0 Å². The molecule has 0 aliphatic heterocycles. The number of ketones is 1. The second-order valence-corrected chi connectivity index (χ2v) is 6.78. The molecular weight excluding hydrogens is 360 g/mol. The average molecular weight is 379 g/mol. The molecule has 0 radical (unpaired) electrons. The first-order valence-corrected chi connectivity index (χ1v) is 9.05. The molecule has 1 heterocycles. The van der Waals surface area contributed by atoms with Crippen molar-refractivity contribution in [2.45, 2.75) is 26.2 Å². The van der Waals surface area contributed by atoms with E-state index in [4.69, 9.17) is 4.74 Å². The van der Waals surface area contributed by atoms with E-state index in [2.05, 4.69) is 22.9 Å². The molecule has 0 saturated heterocycles. The molecule has 0 saturated carbocycles. The summed E-state index contributed by atoms with van der Waals surface area (Å²) in [6.45, 7) is 2.94. The Morgan fingerprint density at radius 1 is 1.27 bits per heavy atom. The van der Waals surface area contributed by atoms with Crippen LogP contribution < -0.4 is 4.74 Å². The van der Waals surface area contributed by atoms with Crippen LogP contribution in [-0.2, 0) is 0 Å². The third kappa shape index (κ3) is 5.43. The monoisotopic (exact) mass is 378 g/mol. The van der Waals surface area contributed by atoms with E-state index in [0.29, 0.717) is 0 Å². The lowest BCUT2D eigenvalue weighted by atomic mass is 10.2. The lowest BCUT2D eigenvalue weighted by molar-refractivity contribution is 0.105. The summed E-state index contributed by atoms with van der Waals surface area (Å²) >= 11 is 4.80. The normalized spacial score (nSPS) is 11.0. The topological polar surface area (TPSA) is 26.3 Å². The minimum atomic E-state index is 0.0237. The Hall–Kier alpha value is -1.39. The SMILES string of the molecule is CCCCCOc1ccc(/C=C/C(=O)c2cc(Br)cs2)cc1. The van der Waals surface area contributed by atoms with E-state index >= 15 is 0 Å². The summed E-state index contributed by atoms with van der Waals surface area (Å²) in [4.78, 5) is 12.7. The van der Waals surface area contributed by atoms with E-state index in [1.165, 1.54) is 24.2 Å². The smallest absolute Gasteiger partial charge is 0.195 e. The Morgan fingerprint density at radius 3 is 2.68 bits per heavy atom. The van der Waals surface area contributed by atoms with Crippen molar-refractivity contribution in [3.05, 3.63) is 56.7 Å². The van der Waals surface area contributed by atoms with E-state index in [1.54, 1.807) is 6.08 Å². The van der Waals surface area contributed by atoms with Crippen LogP contribution in [0, 0.1) is 0 Å². The van der Waals surface area contributed by atoms with Gasteiger partial charge in [0.1, 0.15) is 5.75 Å². The molecule has 4 heteroatoms. The maximum atomic E-state index is 12.0. The van der Waals surface area contributed by atoms with Gasteiger partial charge in [0.15, 0.2) is 5.78 Å². The van der Waals surface area contributed by atoms with Crippen molar-refractivity contribution in [1.82, 2.24) is 0 Å². The number of ether oxygens (including phenoxy) is 1. The number of hydrogen-bond donors (Lipinski definition) is 0. The molecule has 1 aromatic carbocycles. The molecule has 2 nitrogen and oxygen atoms in total. The zero-order chi connectivity index (χ0) is 15.8. The van der Waals surface area contributed by atoms with Gasteiger partial charge in [0.05, 0.1) is 11.5 Å². The highest BCUT2D eigenvalue weighted by molar-refractivity contribution is 9.10. The van der Waals surface area contributed by atoms with Gasteiger partial charge in [0.25, 0.3) is 0 Å². The van der Waals surface area contributed by atoms with Gasteiger partial charge in [0.2, 0.25) is 0 Å². The Morgan fingerprint density at radius 2 is 2.05 bits per heavy atom. The van der Waals surface area contributed by atoms with E-state index in [0.717, 1.165) is 33.7 Å². The van der Waals surface area contributed by atoms with Gasteiger partial charge >= 0.3 is 0 Å². The maximum Gasteiger partial charge on any atom is 0.195 e. The summed E-state index contributed by atoms with van der Waals surface area (Å²) in [6, 6.07) is 9.65. The van der Waals surface area contributed by atoms with Crippen LogP contribution >= 0.6 is 27.3 Å². The van der Waals surface area contributed by atoms with Gasteiger partial charge in [-0.1, -0.05) is 38.0 Å².